The molecular weight excluding hydrogens is 390 g/mol. The monoisotopic (exact) mass is 411 g/mol. The van der Waals surface area contributed by atoms with Gasteiger partial charge in [-0.15, -0.1) is 0 Å². The van der Waals surface area contributed by atoms with Crippen molar-refractivity contribution in [1.29, 1.82) is 0 Å². The highest BCUT2D eigenvalue weighted by atomic mass is 35.5. The molecule has 1 atom stereocenters. The van der Waals surface area contributed by atoms with Crippen molar-refractivity contribution in [3.8, 4) is 11.5 Å². The summed E-state index contributed by atoms with van der Waals surface area (Å²) in [7, 11) is -0.790. The summed E-state index contributed by atoms with van der Waals surface area (Å²) in [5.41, 5.74) is 0.420. The van der Waals surface area contributed by atoms with Crippen LogP contribution in [0, 0.1) is 0 Å². The maximum Gasteiger partial charge on any atom is 0.240 e. The second kappa shape index (κ2) is 7.67. The summed E-state index contributed by atoms with van der Waals surface area (Å²) in [6.45, 7) is -0.127. The number of benzene rings is 2. The predicted molar refractivity (Wildman–Crippen MR) is 103 cm³/mol. The lowest BCUT2D eigenvalue weighted by molar-refractivity contribution is 0.0242. The molecule has 0 aliphatic heterocycles. The molecule has 2 aromatic rings. The molecule has 8 heteroatoms. The van der Waals surface area contributed by atoms with Crippen LogP contribution in [0.15, 0.2) is 41.3 Å². The Labute approximate surface area is 164 Å². The second-order valence-corrected chi connectivity index (χ2v) is 8.70. The molecule has 1 unspecified atom stereocenters. The smallest absolute Gasteiger partial charge is 0.240 e. The number of hydrogen-bond acceptors (Lipinski definition) is 5. The molecule has 0 heterocycles. The van der Waals surface area contributed by atoms with Gasteiger partial charge in [-0.25, -0.2) is 13.1 Å². The van der Waals surface area contributed by atoms with Crippen molar-refractivity contribution in [3.63, 3.8) is 0 Å². The molecule has 0 radical (unpaired) electrons. The molecule has 0 aromatic heterocycles. The number of ether oxygens (including phenoxy) is 2. The molecular formula is C19H22ClNO5S. The van der Waals surface area contributed by atoms with Gasteiger partial charge in [0, 0.05) is 6.54 Å². The van der Waals surface area contributed by atoms with Crippen molar-refractivity contribution >= 4 is 21.6 Å². The molecule has 0 bridgehead atoms. The molecule has 2 aromatic carbocycles. The largest absolute Gasteiger partial charge is 0.497 e. The van der Waals surface area contributed by atoms with Crippen LogP contribution < -0.4 is 14.2 Å². The molecule has 146 valence electrons. The Morgan fingerprint density at radius 2 is 1.96 bits per heavy atom. The summed E-state index contributed by atoms with van der Waals surface area (Å²) >= 11 is 6.03. The van der Waals surface area contributed by atoms with Gasteiger partial charge in [0.15, 0.2) is 0 Å². The Bertz CT molecular complexity index is 947. The summed E-state index contributed by atoms with van der Waals surface area (Å²) in [6, 6.07) is 9.69. The highest BCUT2D eigenvalue weighted by Crippen LogP contribution is 2.37. The molecule has 0 saturated heterocycles. The lowest BCUT2D eigenvalue weighted by Gasteiger charge is -2.34. The zero-order valence-electron chi connectivity index (χ0n) is 15.2. The van der Waals surface area contributed by atoms with Gasteiger partial charge < -0.3 is 14.6 Å². The van der Waals surface area contributed by atoms with Crippen LogP contribution in [0.1, 0.15) is 24.0 Å². The van der Waals surface area contributed by atoms with Crippen LogP contribution in [0.5, 0.6) is 11.5 Å². The minimum atomic E-state index is -3.84. The first-order valence-electron chi connectivity index (χ1n) is 8.52. The van der Waals surface area contributed by atoms with Crippen molar-refractivity contribution in [2.45, 2.75) is 29.8 Å². The minimum Gasteiger partial charge on any atom is -0.497 e. The quantitative estimate of drug-likeness (QED) is 0.763. The van der Waals surface area contributed by atoms with Gasteiger partial charge >= 0.3 is 0 Å². The van der Waals surface area contributed by atoms with Crippen molar-refractivity contribution < 1.29 is 23.0 Å². The fraction of sp³-hybridized carbons (Fsp3) is 0.368. The van der Waals surface area contributed by atoms with Gasteiger partial charge in [0.2, 0.25) is 10.0 Å². The lowest BCUT2D eigenvalue weighted by atomic mass is 9.79. The average Bonchev–Trinajstić information content (AvgIpc) is 2.66. The molecule has 27 heavy (non-hydrogen) atoms. The zero-order chi connectivity index (χ0) is 19.7. The molecule has 3 rings (SSSR count). The number of aliphatic hydroxyl groups is 1. The summed E-state index contributed by atoms with van der Waals surface area (Å²) in [5, 5.41) is 11.3. The number of sulfonamides is 1. The van der Waals surface area contributed by atoms with Crippen LogP contribution in [0.4, 0.5) is 0 Å². The molecule has 0 spiro atoms. The Morgan fingerprint density at radius 3 is 2.63 bits per heavy atom. The first-order chi connectivity index (χ1) is 12.8. The Kier molecular flexibility index (Phi) is 5.67. The first-order valence-corrected chi connectivity index (χ1v) is 10.4. The number of aryl methyl sites for hydroxylation is 1. The third kappa shape index (κ3) is 4.06. The fourth-order valence-electron chi connectivity index (χ4n) is 3.36. The highest BCUT2D eigenvalue weighted by molar-refractivity contribution is 7.89. The maximum atomic E-state index is 12.6. The van der Waals surface area contributed by atoms with E-state index in [0.717, 1.165) is 24.0 Å². The van der Waals surface area contributed by atoms with Crippen molar-refractivity contribution in [2.75, 3.05) is 20.8 Å². The third-order valence-corrected chi connectivity index (χ3v) is 6.53. The van der Waals surface area contributed by atoms with E-state index in [0.29, 0.717) is 17.9 Å². The molecule has 6 nitrogen and oxygen atoms in total. The molecule has 0 fully saturated rings. The first kappa shape index (κ1) is 19.9. The van der Waals surface area contributed by atoms with Gasteiger partial charge in [-0.05, 0) is 60.7 Å². The van der Waals surface area contributed by atoms with E-state index in [4.69, 9.17) is 21.1 Å². The lowest BCUT2D eigenvalue weighted by Crippen LogP contribution is -2.42. The summed E-state index contributed by atoms with van der Waals surface area (Å²) < 4.78 is 38.1. The summed E-state index contributed by atoms with van der Waals surface area (Å²) in [6.07, 6.45) is 2.04. The van der Waals surface area contributed by atoms with E-state index in [9.17, 15) is 13.5 Å². The van der Waals surface area contributed by atoms with Crippen LogP contribution in [0.3, 0.4) is 0 Å². The number of methoxy groups -OCH3 is 2. The van der Waals surface area contributed by atoms with E-state index in [2.05, 4.69) is 4.72 Å². The van der Waals surface area contributed by atoms with E-state index in [1.54, 1.807) is 19.2 Å². The maximum absolute atomic E-state index is 12.6. The minimum absolute atomic E-state index is 0.0164. The number of halogens is 1. The third-order valence-electron chi connectivity index (χ3n) is 4.84. The summed E-state index contributed by atoms with van der Waals surface area (Å²) in [4.78, 5) is 0.0164. The van der Waals surface area contributed by atoms with Crippen molar-refractivity contribution in [3.05, 3.63) is 52.5 Å². The van der Waals surface area contributed by atoms with E-state index >= 15 is 0 Å². The van der Waals surface area contributed by atoms with Crippen LogP contribution in [0.2, 0.25) is 5.02 Å². The molecule has 2 N–H and O–H groups in total. The van der Waals surface area contributed by atoms with Gasteiger partial charge in [0.25, 0.3) is 0 Å². The van der Waals surface area contributed by atoms with Crippen molar-refractivity contribution in [1.82, 2.24) is 4.72 Å². The van der Waals surface area contributed by atoms with Gasteiger partial charge in [0.05, 0.1) is 24.1 Å². The number of hydrogen-bond donors (Lipinski definition) is 2. The molecule has 0 amide bonds. The molecule has 0 saturated carbocycles. The second-order valence-electron chi connectivity index (χ2n) is 6.53. The normalized spacial score (nSPS) is 19.4. The van der Waals surface area contributed by atoms with E-state index in [-0.39, 0.29) is 16.5 Å². The standard InChI is InChI=1S/C19H22ClNO5S/c1-25-14-5-7-16-13(10-14)4-3-9-19(16,22)12-21-27(23,24)15-6-8-18(26-2)17(20)11-15/h5-8,10-11,21-22H,3-4,9,12H2,1-2H3. The van der Waals surface area contributed by atoms with E-state index < -0.39 is 15.6 Å². The fourth-order valence-corrected chi connectivity index (χ4v) is 4.80. The van der Waals surface area contributed by atoms with Gasteiger partial charge in [-0.2, -0.15) is 0 Å². The van der Waals surface area contributed by atoms with Crippen LogP contribution >= 0.6 is 11.6 Å². The highest BCUT2D eigenvalue weighted by Gasteiger charge is 2.35. The number of rotatable bonds is 6. The van der Waals surface area contributed by atoms with Crippen LogP contribution in [0.25, 0.3) is 0 Å². The van der Waals surface area contributed by atoms with Crippen molar-refractivity contribution in [2.24, 2.45) is 0 Å². The van der Waals surface area contributed by atoms with E-state index in [1.807, 2.05) is 6.07 Å². The molecule has 1 aliphatic rings. The Hall–Kier alpha value is -1.80. The number of fused-ring (bicyclic) bond motifs is 1. The van der Waals surface area contributed by atoms with Crippen LogP contribution in [-0.2, 0) is 22.0 Å². The van der Waals surface area contributed by atoms with Crippen LogP contribution in [-0.4, -0.2) is 34.3 Å². The number of nitrogens with one attached hydrogen (secondary N) is 1. The van der Waals surface area contributed by atoms with Gasteiger partial charge in [-0.3, -0.25) is 0 Å². The predicted octanol–water partition coefficient (Wildman–Crippen LogP) is 2.86. The SMILES string of the molecule is COc1ccc2c(c1)CCCC2(O)CNS(=O)(=O)c1ccc(OC)c(Cl)c1. The Balaban J connectivity index is 1.83. The topological polar surface area (TPSA) is 84.9 Å². The Morgan fingerprint density at radius 1 is 1.19 bits per heavy atom. The van der Waals surface area contributed by atoms with Gasteiger partial charge in [-0.1, -0.05) is 17.7 Å². The average molecular weight is 412 g/mol. The van der Waals surface area contributed by atoms with E-state index in [1.165, 1.54) is 25.3 Å². The summed E-state index contributed by atoms with van der Waals surface area (Å²) in [5.74, 6) is 1.11. The van der Waals surface area contributed by atoms with Gasteiger partial charge in [0.1, 0.15) is 17.1 Å². The molecule has 1 aliphatic carbocycles. The zero-order valence-corrected chi connectivity index (χ0v) is 16.7.